The van der Waals surface area contributed by atoms with Gasteiger partial charge in [-0.1, -0.05) is 85.8 Å². The number of rotatable bonds is 3. The quantitative estimate of drug-likeness (QED) is 0.583. The predicted octanol–water partition coefficient (Wildman–Crippen LogP) is 5.51. The molecule has 1 heteroatoms. The zero-order valence-electron chi connectivity index (χ0n) is 13.8. The fourth-order valence-corrected chi connectivity index (χ4v) is 3.95. The van der Waals surface area contributed by atoms with E-state index in [1.54, 1.807) is 0 Å². The smallest absolute Gasteiger partial charge is 0.170 e. The van der Waals surface area contributed by atoms with Crippen molar-refractivity contribution >= 4 is 5.78 Å². The molecule has 3 aromatic carbocycles. The van der Waals surface area contributed by atoms with Crippen LogP contribution in [-0.4, -0.2) is 5.78 Å². The van der Waals surface area contributed by atoms with Gasteiger partial charge < -0.3 is 0 Å². The van der Waals surface area contributed by atoms with E-state index in [0.717, 1.165) is 12.0 Å². The van der Waals surface area contributed by atoms with Gasteiger partial charge in [-0.05, 0) is 34.6 Å². The largest absolute Gasteiger partial charge is 0.293 e. The van der Waals surface area contributed by atoms with E-state index in [1.807, 2.05) is 36.4 Å². The summed E-state index contributed by atoms with van der Waals surface area (Å²) in [5.74, 6) is 0.515. The van der Waals surface area contributed by atoms with Crippen LogP contribution in [0.1, 0.15) is 34.3 Å². The van der Waals surface area contributed by atoms with E-state index in [-0.39, 0.29) is 11.7 Å². The van der Waals surface area contributed by atoms with Crippen LogP contribution in [0.5, 0.6) is 0 Å². The molecule has 0 aromatic heterocycles. The zero-order valence-corrected chi connectivity index (χ0v) is 13.8. The second kappa shape index (κ2) is 6.09. The van der Waals surface area contributed by atoms with Gasteiger partial charge in [-0.3, -0.25) is 4.79 Å². The summed E-state index contributed by atoms with van der Waals surface area (Å²) < 4.78 is 0. The number of Topliss-reactive ketones (excluding diaryl/α,β-unsaturated/α-hetero) is 1. The number of carbonyl (C=O) groups excluding carboxylic acids is 1. The molecule has 2 unspecified atom stereocenters. The van der Waals surface area contributed by atoms with Crippen molar-refractivity contribution in [1.29, 1.82) is 0 Å². The van der Waals surface area contributed by atoms with Gasteiger partial charge in [0.05, 0.1) is 5.92 Å². The van der Waals surface area contributed by atoms with Crippen LogP contribution in [0.3, 0.4) is 0 Å². The highest BCUT2D eigenvalue weighted by Crippen LogP contribution is 2.44. The minimum atomic E-state index is -0.0567. The lowest BCUT2D eigenvalue weighted by Gasteiger charge is -2.19. The highest BCUT2D eigenvalue weighted by atomic mass is 16.1. The molecule has 0 amide bonds. The lowest BCUT2D eigenvalue weighted by molar-refractivity contribution is 0.0941. The number of hydrogen-bond donors (Lipinski definition) is 0. The minimum absolute atomic E-state index is 0.0567. The first-order valence-electron chi connectivity index (χ1n) is 8.52. The molecule has 1 aliphatic carbocycles. The van der Waals surface area contributed by atoms with Crippen LogP contribution < -0.4 is 0 Å². The van der Waals surface area contributed by atoms with Gasteiger partial charge in [-0.15, -0.1) is 0 Å². The van der Waals surface area contributed by atoms with Crippen molar-refractivity contribution in [2.75, 3.05) is 0 Å². The molecular weight excluding hydrogens is 292 g/mol. The molecule has 0 fully saturated rings. The Kier molecular flexibility index (Phi) is 3.78. The Morgan fingerprint density at radius 3 is 2.21 bits per heavy atom. The van der Waals surface area contributed by atoms with Gasteiger partial charge >= 0.3 is 0 Å². The Labute approximate surface area is 143 Å². The Balaban J connectivity index is 1.85. The van der Waals surface area contributed by atoms with Gasteiger partial charge in [-0.25, -0.2) is 0 Å². The van der Waals surface area contributed by atoms with Crippen LogP contribution >= 0.6 is 0 Å². The number of fused-ring (bicyclic) bond motifs is 1. The van der Waals surface area contributed by atoms with E-state index in [0.29, 0.717) is 5.92 Å². The fraction of sp³-hybridized carbons (Fsp3) is 0.174. The van der Waals surface area contributed by atoms with Gasteiger partial charge in [0.1, 0.15) is 0 Å². The maximum absolute atomic E-state index is 13.2. The van der Waals surface area contributed by atoms with Crippen molar-refractivity contribution < 1.29 is 4.79 Å². The number of benzene rings is 3. The maximum Gasteiger partial charge on any atom is 0.170 e. The molecule has 0 bridgehead atoms. The molecule has 24 heavy (non-hydrogen) atoms. The summed E-state index contributed by atoms with van der Waals surface area (Å²) in [4.78, 5) is 13.2. The van der Waals surface area contributed by atoms with Gasteiger partial charge in [0.25, 0.3) is 0 Å². The third kappa shape index (κ3) is 2.46. The summed E-state index contributed by atoms with van der Waals surface area (Å²) in [6.45, 7) is 2.19. The Morgan fingerprint density at radius 2 is 1.50 bits per heavy atom. The summed E-state index contributed by atoms with van der Waals surface area (Å²) in [5.41, 5.74) is 5.74. The van der Waals surface area contributed by atoms with Crippen molar-refractivity contribution in [2.45, 2.75) is 19.3 Å². The fourth-order valence-electron chi connectivity index (χ4n) is 3.95. The molecule has 0 saturated heterocycles. The molecule has 3 aromatic rings. The van der Waals surface area contributed by atoms with Gasteiger partial charge in [0, 0.05) is 5.56 Å². The van der Waals surface area contributed by atoms with E-state index < -0.39 is 0 Å². The van der Waals surface area contributed by atoms with E-state index in [4.69, 9.17) is 0 Å². The van der Waals surface area contributed by atoms with Crippen LogP contribution in [0.15, 0.2) is 78.9 Å². The molecule has 0 radical (unpaired) electrons. The van der Waals surface area contributed by atoms with Crippen LogP contribution in [0.25, 0.3) is 11.1 Å². The van der Waals surface area contributed by atoms with Gasteiger partial charge in [-0.2, -0.15) is 0 Å². The van der Waals surface area contributed by atoms with E-state index in [9.17, 15) is 4.79 Å². The monoisotopic (exact) mass is 312 g/mol. The maximum atomic E-state index is 13.2. The van der Waals surface area contributed by atoms with Crippen LogP contribution in [0.2, 0.25) is 0 Å². The van der Waals surface area contributed by atoms with E-state index in [1.165, 1.54) is 22.3 Å². The first kappa shape index (κ1) is 14.9. The molecule has 0 spiro atoms. The summed E-state index contributed by atoms with van der Waals surface area (Å²) in [6.07, 6.45) is 0.971. The van der Waals surface area contributed by atoms with Crippen LogP contribution in [0.4, 0.5) is 0 Å². The average Bonchev–Trinajstić information content (AvgIpc) is 2.98. The Bertz CT molecular complexity index is 865. The van der Waals surface area contributed by atoms with E-state index in [2.05, 4.69) is 49.4 Å². The highest BCUT2D eigenvalue weighted by molar-refractivity contribution is 6.03. The summed E-state index contributed by atoms with van der Waals surface area (Å²) in [6, 6.07) is 26.5. The number of hydrogen-bond acceptors (Lipinski definition) is 1. The normalized spacial score (nSPS) is 19.0. The average molecular weight is 312 g/mol. The molecule has 0 heterocycles. The number of ketones is 1. The first-order chi connectivity index (χ1) is 11.8. The molecule has 2 atom stereocenters. The van der Waals surface area contributed by atoms with Crippen molar-refractivity contribution in [3.05, 3.63) is 95.6 Å². The predicted molar refractivity (Wildman–Crippen MR) is 98.3 cm³/mol. The molecule has 0 N–H and O–H groups in total. The lowest BCUT2D eigenvalue weighted by Crippen LogP contribution is -2.17. The van der Waals surface area contributed by atoms with Crippen molar-refractivity contribution in [1.82, 2.24) is 0 Å². The molecule has 0 saturated carbocycles. The molecule has 1 nitrogen and oxygen atoms in total. The van der Waals surface area contributed by atoms with Gasteiger partial charge in [0.15, 0.2) is 5.78 Å². The molecule has 118 valence electrons. The Hall–Kier alpha value is -2.67. The first-order valence-corrected chi connectivity index (χ1v) is 8.52. The molecule has 4 rings (SSSR count). The highest BCUT2D eigenvalue weighted by Gasteiger charge is 2.36. The zero-order chi connectivity index (χ0) is 16.5. The molecule has 1 aliphatic rings. The third-order valence-electron chi connectivity index (χ3n) is 5.04. The SMILES string of the molecule is CC1Cc2cccc(-c3ccccc3)c2C1C(=O)c1ccccc1. The second-order valence-corrected chi connectivity index (χ2v) is 6.63. The Morgan fingerprint density at radius 1 is 0.833 bits per heavy atom. The van der Waals surface area contributed by atoms with Crippen molar-refractivity contribution in [3.63, 3.8) is 0 Å². The number of carbonyl (C=O) groups is 1. The summed E-state index contributed by atoms with van der Waals surface area (Å²) >= 11 is 0. The molecule has 0 aliphatic heterocycles. The topological polar surface area (TPSA) is 17.1 Å². The van der Waals surface area contributed by atoms with Crippen molar-refractivity contribution in [3.8, 4) is 11.1 Å². The summed E-state index contributed by atoms with van der Waals surface area (Å²) in [5, 5.41) is 0. The van der Waals surface area contributed by atoms with E-state index >= 15 is 0 Å². The standard InChI is InChI=1S/C23H20O/c1-16-15-19-13-8-14-20(17-9-4-2-5-10-17)22(19)21(16)23(24)18-11-6-3-7-12-18/h2-14,16,21H,15H2,1H3. The second-order valence-electron chi connectivity index (χ2n) is 6.63. The van der Waals surface area contributed by atoms with Crippen LogP contribution in [0, 0.1) is 5.92 Å². The van der Waals surface area contributed by atoms with Crippen molar-refractivity contribution in [2.24, 2.45) is 5.92 Å². The van der Waals surface area contributed by atoms with Crippen LogP contribution in [-0.2, 0) is 6.42 Å². The lowest BCUT2D eigenvalue weighted by atomic mass is 9.83. The third-order valence-corrected chi connectivity index (χ3v) is 5.04. The van der Waals surface area contributed by atoms with Gasteiger partial charge in [0.2, 0.25) is 0 Å². The molecular formula is C23H20O. The minimum Gasteiger partial charge on any atom is -0.293 e. The summed E-state index contributed by atoms with van der Waals surface area (Å²) in [7, 11) is 0.